The van der Waals surface area contributed by atoms with Crippen LogP contribution in [0.4, 0.5) is 11.4 Å². The SMILES string of the molecule is CC(C)CN1CCC(Nc2ccc(C(=O)c3ccccc3)cc2[N+](=O)[O-])CC1. The maximum atomic E-state index is 12.6. The van der Waals surface area contributed by atoms with Crippen molar-refractivity contribution in [1.82, 2.24) is 4.90 Å². The van der Waals surface area contributed by atoms with Crippen molar-refractivity contribution >= 4 is 17.2 Å². The highest BCUT2D eigenvalue weighted by Crippen LogP contribution is 2.29. The molecule has 0 bridgehead atoms. The first kappa shape index (κ1) is 20.0. The van der Waals surface area contributed by atoms with Gasteiger partial charge in [-0.15, -0.1) is 0 Å². The van der Waals surface area contributed by atoms with Gasteiger partial charge in [-0.2, -0.15) is 0 Å². The minimum absolute atomic E-state index is 0.0496. The smallest absolute Gasteiger partial charge is 0.293 e. The molecule has 1 aliphatic heterocycles. The third kappa shape index (κ3) is 4.95. The van der Waals surface area contributed by atoms with Gasteiger partial charge in [0.15, 0.2) is 5.78 Å². The number of nitro benzene ring substituents is 1. The molecular weight excluding hydrogens is 354 g/mol. The molecule has 0 spiro atoms. The molecule has 1 aliphatic rings. The Bertz CT molecular complexity index is 828. The van der Waals surface area contributed by atoms with E-state index in [9.17, 15) is 14.9 Å². The lowest BCUT2D eigenvalue weighted by atomic mass is 10.0. The van der Waals surface area contributed by atoms with E-state index in [2.05, 4.69) is 24.1 Å². The summed E-state index contributed by atoms with van der Waals surface area (Å²) in [7, 11) is 0. The zero-order valence-corrected chi connectivity index (χ0v) is 16.4. The van der Waals surface area contributed by atoms with E-state index in [1.165, 1.54) is 6.07 Å². The molecule has 6 heteroatoms. The second kappa shape index (κ2) is 8.97. The largest absolute Gasteiger partial charge is 0.377 e. The van der Waals surface area contributed by atoms with E-state index in [1.54, 1.807) is 36.4 Å². The Morgan fingerprint density at radius 2 is 1.82 bits per heavy atom. The molecule has 0 unspecified atom stereocenters. The van der Waals surface area contributed by atoms with Crippen molar-refractivity contribution in [3.05, 3.63) is 69.8 Å². The van der Waals surface area contributed by atoms with E-state index >= 15 is 0 Å². The van der Waals surface area contributed by atoms with Crippen LogP contribution in [0.25, 0.3) is 0 Å². The van der Waals surface area contributed by atoms with Gasteiger partial charge in [0.05, 0.1) is 4.92 Å². The van der Waals surface area contributed by atoms with E-state index in [-0.39, 0.29) is 17.5 Å². The first-order chi connectivity index (χ1) is 13.4. The summed E-state index contributed by atoms with van der Waals surface area (Å²) in [6, 6.07) is 13.7. The molecule has 28 heavy (non-hydrogen) atoms. The van der Waals surface area contributed by atoms with E-state index in [0.29, 0.717) is 22.7 Å². The number of hydrogen-bond acceptors (Lipinski definition) is 5. The van der Waals surface area contributed by atoms with Gasteiger partial charge in [-0.05, 0) is 30.9 Å². The highest BCUT2D eigenvalue weighted by Gasteiger charge is 2.23. The molecule has 1 heterocycles. The number of nitrogens with zero attached hydrogens (tertiary/aromatic N) is 2. The van der Waals surface area contributed by atoms with E-state index in [1.807, 2.05) is 6.07 Å². The Labute approximate surface area is 165 Å². The fourth-order valence-corrected chi connectivity index (χ4v) is 3.70. The van der Waals surface area contributed by atoms with Gasteiger partial charge in [0, 0.05) is 42.9 Å². The number of anilines is 1. The Hall–Kier alpha value is -2.73. The molecule has 148 valence electrons. The average molecular weight is 381 g/mol. The van der Waals surface area contributed by atoms with Crippen LogP contribution in [0.15, 0.2) is 48.5 Å². The molecule has 0 atom stereocenters. The second-order valence-electron chi connectivity index (χ2n) is 7.80. The summed E-state index contributed by atoms with van der Waals surface area (Å²) in [4.78, 5) is 26.2. The average Bonchev–Trinajstić information content (AvgIpc) is 2.69. The first-order valence-corrected chi connectivity index (χ1v) is 9.81. The van der Waals surface area contributed by atoms with Crippen LogP contribution >= 0.6 is 0 Å². The number of nitrogens with one attached hydrogen (secondary N) is 1. The summed E-state index contributed by atoms with van der Waals surface area (Å²) >= 11 is 0. The first-order valence-electron chi connectivity index (χ1n) is 9.81. The highest BCUT2D eigenvalue weighted by molar-refractivity contribution is 6.09. The molecule has 2 aromatic rings. The summed E-state index contributed by atoms with van der Waals surface area (Å²) in [5, 5.41) is 14.9. The number of carbonyl (C=O) groups is 1. The number of rotatable bonds is 7. The number of benzene rings is 2. The summed E-state index contributed by atoms with van der Waals surface area (Å²) in [6.45, 7) is 7.50. The van der Waals surface area contributed by atoms with Crippen LogP contribution in [0.1, 0.15) is 42.6 Å². The van der Waals surface area contributed by atoms with Crippen molar-refractivity contribution in [2.45, 2.75) is 32.7 Å². The van der Waals surface area contributed by atoms with Crippen LogP contribution in [0.3, 0.4) is 0 Å². The predicted molar refractivity (Wildman–Crippen MR) is 111 cm³/mol. The predicted octanol–water partition coefficient (Wildman–Crippen LogP) is 4.36. The summed E-state index contributed by atoms with van der Waals surface area (Å²) < 4.78 is 0. The number of piperidine rings is 1. The lowest BCUT2D eigenvalue weighted by Gasteiger charge is -2.33. The van der Waals surface area contributed by atoms with Crippen molar-refractivity contribution in [3.63, 3.8) is 0 Å². The Kier molecular flexibility index (Phi) is 6.41. The van der Waals surface area contributed by atoms with Crippen molar-refractivity contribution in [2.75, 3.05) is 25.0 Å². The number of ketones is 1. The van der Waals surface area contributed by atoms with Crippen molar-refractivity contribution in [2.24, 2.45) is 5.92 Å². The molecule has 0 amide bonds. The van der Waals surface area contributed by atoms with Crippen LogP contribution in [-0.4, -0.2) is 41.3 Å². The second-order valence-corrected chi connectivity index (χ2v) is 7.80. The quantitative estimate of drug-likeness (QED) is 0.438. The standard InChI is InChI=1S/C22H27N3O3/c1-16(2)15-24-12-10-19(11-13-24)23-20-9-8-18(14-21(20)25(27)28)22(26)17-6-4-3-5-7-17/h3-9,14,16,19,23H,10-13,15H2,1-2H3. The lowest BCUT2D eigenvalue weighted by molar-refractivity contribution is -0.384. The van der Waals surface area contributed by atoms with Crippen LogP contribution in [0.2, 0.25) is 0 Å². The van der Waals surface area contributed by atoms with Gasteiger partial charge in [0.25, 0.3) is 5.69 Å². The molecule has 3 rings (SSSR count). The van der Waals surface area contributed by atoms with Crippen LogP contribution < -0.4 is 5.32 Å². The van der Waals surface area contributed by atoms with Gasteiger partial charge < -0.3 is 10.2 Å². The molecule has 1 saturated heterocycles. The Morgan fingerprint density at radius 3 is 2.43 bits per heavy atom. The maximum Gasteiger partial charge on any atom is 0.293 e. The molecule has 0 aromatic heterocycles. The van der Waals surface area contributed by atoms with E-state index < -0.39 is 4.92 Å². The van der Waals surface area contributed by atoms with Gasteiger partial charge in [-0.3, -0.25) is 14.9 Å². The van der Waals surface area contributed by atoms with Crippen LogP contribution in [0.5, 0.6) is 0 Å². The van der Waals surface area contributed by atoms with Crippen molar-refractivity contribution in [1.29, 1.82) is 0 Å². The molecule has 0 aliphatic carbocycles. The van der Waals surface area contributed by atoms with Crippen LogP contribution in [0, 0.1) is 16.0 Å². The van der Waals surface area contributed by atoms with Crippen molar-refractivity contribution < 1.29 is 9.72 Å². The lowest BCUT2D eigenvalue weighted by Crippen LogP contribution is -2.40. The number of likely N-dealkylation sites (tertiary alicyclic amines) is 1. The molecule has 0 saturated carbocycles. The van der Waals surface area contributed by atoms with E-state index in [0.717, 1.165) is 32.5 Å². The maximum absolute atomic E-state index is 12.6. The van der Waals surface area contributed by atoms with Gasteiger partial charge in [0.1, 0.15) is 5.69 Å². The molecule has 0 radical (unpaired) electrons. The molecule has 2 aromatic carbocycles. The molecule has 1 fully saturated rings. The van der Waals surface area contributed by atoms with Crippen LogP contribution in [-0.2, 0) is 0 Å². The van der Waals surface area contributed by atoms with Gasteiger partial charge in [-0.1, -0.05) is 44.2 Å². The van der Waals surface area contributed by atoms with Gasteiger partial charge in [0.2, 0.25) is 0 Å². The zero-order valence-electron chi connectivity index (χ0n) is 16.4. The van der Waals surface area contributed by atoms with E-state index in [4.69, 9.17) is 0 Å². The third-order valence-electron chi connectivity index (χ3n) is 5.06. The molecule has 1 N–H and O–H groups in total. The van der Waals surface area contributed by atoms with Gasteiger partial charge in [-0.25, -0.2) is 0 Å². The number of nitro groups is 1. The topological polar surface area (TPSA) is 75.5 Å². The molecule has 6 nitrogen and oxygen atoms in total. The Morgan fingerprint density at radius 1 is 1.14 bits per heavy atom. The number of hydrogen-bond donors (Lipinski definition) is 1. The summed E-state index contributed by atoms with van der Waals surface area (Å²) in [5.41, 5.74) is 1.29. The normalized spacial score (nSPS) is 15.5. The number of carbonyl (C=O) groups excluding carboxylic acids is 1. The highest BCUT2D eigenvalue weighted by atomic mass is 16.6. The Balaban J connectivity index is 1.72. The monoisotopic (exact) mass is 381 g/mol. The fourth-order valence-electron chi connectivity index (χ4n) is 3.70. The zero-order chi connectivity index (χ0) is 20.1. The van der Waals surface area contributed by atoms with Crippen molar-refractivity contribution in [3.8, 4) is 0 Å². The minimum Gasteiger partial charge on any atom is -0.377 e. The summed E-state index contributed by atoms with van der Waals surface area (Å²) in [6.07, 6.45) is 1.91. The summed E-state index contributed by atoms with van der Waals surface area (Å²) in [5.74, 6) is 0.428. The minimum atomic E-state index is -0.419. The third-order valence-corrected chi connectivity index (χ3v) is 5.06. The fraction of sp³-hybridized carbons (Fsp3) is 0.409. The van der Waals surface area contributed by atoms with Gasteiger partial charge >= 0.3 is 0 Å². The molecular formula is C22H27N3O3.